The highest BCUT2D eigenvalue weighted by atomic mass is 16.7. The largest absolute Gasteiger partial charge is 0.483 e. The van der Waals surface area contributed by atoms with Crippen LogP contribution in [-0.4, -0.2) is 18.5 Å². The molecule has 1 saturated heterocycles. The lowest BCUT2D eigenvalue weighted by molar-refractivity contribution is -0.106. The van der Waals surface area contributed by atoms with Crippen LogP contribution in [0.3, 0.4) is 0 Å². The third-order valence-electron chi connectivity index (χ3n) is 5.85. The second-order valence-electron chi connectivity index (χ2n) is 8.80. The molecular formula is C26H32O3. The molecule has 1 unspecified atom stereocenters. The fraction of sp³-hybridized carbons (Fsp3) is 0.462. The van der Waals surface area contributed by atoms with Crippen molar-refractivity contribution in [2.45, 2.75) is 71.7 Å². The van der Waals surface area contributed by atoms with Crippen molar-refractivity contribution in [3.05, 3.63) is 53.1 Å². The highest BCUT2D eigenvalue weighted by Gasteiger charge is 2.27. The Morgan fingerprint density at radius 1 is 1.24 bits per heavy atom. The van der Waals surface area contributed by atoms with E-state index in [9.17, 15) is 0 Å². The smallest absolute Gasteiger partial charge is 0.199 e. The first kappa shape index (κ1) is 20.0. The summed E-state index contributed by atoms with van der Waals surface area (Å²) in [6, 6.07) is 8.60. The van der Waals surface area contributed by atoms with E-state index >= 15 is 0 Å². The molecule has 2 aromatic rings. The number of aryl methyl sites for hydroxylation is 1. The van der Waals surface area contributed by atoms with Crippen LogP contribution in [0, 0.1) is 6.92 Å². The van der Waals surface area contributed by atoms with E-state index in [0.717, 1.165) is 61.3 Å². The number of rotatable bonds is 5. The van der Waals surface area contributed by atoms with Crippen molar-refractivity contribution in [1.82, 2.24) is 0 Å². The van der Waals surface area contributed by atoms with Gasteiger partial charge in [0.2, 0.25) is 0 Å². The predicted octanol–water partition coefficient (Wildman–Crippen LogP) is 6.96. The lowest BCUT2D eigenvalue weighted by atomic mass is 9.92. The molecule has 0 radical (unpaired) electrons. The molecule has 3 heteroatoms. The summed E-state index contributed by atoms with van der Waals surface area (Å²) >= 11 is 0. The van der Waals surface area contributed by atoms with Gasteiger partial charge in [0.15, 0.2) is 6.29 Å². The van der Waals surface area contributed by atoms with Crippen molar-refractivity contribution in [2.75, 3.05) is 6.61 Å². The van der Waals surface area contributed by atoms with Crippen molar-refractivity contribution < 1.29 is 14.2 Å². The molecule has 0 amide bonds. The lowest BCUT2D eigenvalue weighted by Crippen LogP contribution is -2.31. The molecule has 2 heterocycles. The Morgan fingerprint density at radius 2 is 2.10 bits per heavy atom. The van der Waals surface area contributed by atoms with Crippen molar-refractivity contribution in [2.24, 2.45) is 0 Å². The van der Waals surface area contributed by atoms with Crippen molar-refractivity contribution in [3.63, 3.8) is 0 Å². The number of hydrogen-bond donors (Lipinski definition) is 0. The van der Waals surface area contributed by atoms with Gasteiger partial charge in [0.25, 0.3) is 0 Å². The highest BCUT2D eigenvalue weighted by Crippen LogP contribution is 2.40. The quantitative estimate of drug-likeness (QED) is 0.515. The molecule has 0 bridgehead atoms. The summed E-state index contributed by atoms with van der Waals surface area (Å²) in [6.45, 7) is 9.33. The standard InChI is InChI=1S/C26H32O3/c1-18(2)8-7-13-26(4)14-12-21-22-17-24(28-25-9-5-6-15-27-25)19(3)16-20(22)10-11-23(21)29-26/h8,10-12,14,16-17,25H,5-7,9,13,15H2,1-4H3/t25?,26-/m1/s1. The average molecular weight is 393 g/mol. The zero-order valence-electron chi connectivity index (χ0n) is 18.1. The van der Waals surface area contributed by atoms with Crippen molar-refractivity contribution in [1.29, 1.82) is 0 Å². The van der Waals surface area contributed by atoms with E-state index in [1.807, 2.05) is 0 Å². The lowest BCUT2D eigenvalue weighted by Gasteiger charge is -2.32. The van der Waals surface area contributed by atoms with Crippen LogP contribution < -0.4 is 9.47 Å². The van der Waals surface area contributed by atoms with Gasteiger partial charge in [-0.1, -0.05) is 23.8 Å². The Hall–Kier alpha value is -2.26. The molecule has 2 aromatic carbocycles. The van der Waals surface area contributed by atoms with Crippen molar-refractivity contribution >= 4 is 16.8 Å². The molecule has 0 saturated carbocycles. The predicted molar refractivity (Wildman–Crippen MR) is 120 cm³/mol. The third-order valence-corrected chi connectivity index (χ3v) is 5.85. The molecule has 0 aliphatic carbocycles. The maximum Gasteiger partial charge on any atom is 0.199 e. The minimum atomic E-state index is -0.271. The van der Waals surface area contributed by atoms with Gasteiger partial charge in [0.05, 0.1) is 6.61 Å². The van der Waals surface area contributed by atoms with Gasteiger partial charge in [0.1, 0.15) is 17.1 Å². The fourth-order valence-corrected chi connectivity index (χ4v) is 4.13. The topological polar surface area (TPSA) is 27.7 Å². The van der Waals surface area contributed by atoms with E-state index in [1.54, 1.807) is 0 Å². The van der Waals surface area contributed by atoms with Crippen LogP contribution in [0.1, 0.15) is 64.0 Å². The van der Waals surface area contributed by atoms with E-state index in [4.69, 9.17) is 14.2 Å². The van der Waals surface area contributed by atoms with Crippen LogP contribution >= 0.6 is 0 Å². The van der Waals surface area contributed by atoms with Crippen LogP contribution in [-0.2, 0) is 4.74 Å². The SMILES string of the molecule is CC(C)=CCC[C@]1(C)C=Cc2c(ccc3cc(C)c(OC4CCCCO4)cc23)O1. The summed E-state index contributed by atoms with van der Waals surface area (Å²) in [5.74, 6) is 1.85. The summed E-state index contributed by atoms with van der Waals surface area (Å²) < 4.78 is 18.4. The molecule has 154 valence electrons. The van der Waals surface area contributed by atoms with Crippen LogP contribution in [0.2, 0.25) is 0 Å². The minimum absolute atomic E-state index is 0.135. The molecule has 0 N–H and O–H groups in total. The Balaban J connectivity index is 1.62. The monoisotopic (exact) mass is 392 g/mol. The van der Waals surface area contributed by atoms with Gasteiger partial charge in [-0.05, 0) is 94.0 Å². The number of benzene rings is 2. The van der Waals surface area contributed by atoms with E-state index in [0.29, 0.717) is 0 Å². The van der Waals surface area contributed by atoms with Gasteiger partial charge in [-0.3, -0.25) is 0 Å². The molecule has 29 heavy (non-hydrogen) atoms. The Kier molecular flexibility index (Phi) is 5.69. The van der Waals surface area contributed by atoms with Gasteiger partial charge in [0, 0.05) is 12.0 Å². The number of allylic oxidation sites excluding steroid dienone is 2. The second kappa shape index (κ2) is 8.23. The second-order valence-corrected chi connectivity index (χ2v) is 8.80. The first-order valence-electron chi connectivity index (χ1n) is 10.8. The van der Waals surface area contributed by atoms with E-state index in [1.165, 1.54) is 16.3 Å². The van der Waals surface area contributed by atoms with Crippen LogP contribution in [0.5, 0.6) is 11.5 Å². The van der Waals surface area contributed by atoms with Gasteiger partial charge < -0.3 is 14.2 Å². The number of fused-ring (bicyclic) bond motifs is 3. The third kappa shape index (κ3) is 4.51. The summed E-state index contributed by atoms with van der Waals surface area (Å²) in [6.07, 6.45) is 11.8. The molecule has 2 aliphatic rings. The molecule has 0 spiro atoms. The fourth-order valence-electron chi connectivity index (χ4n) is 4.13. The normalized spacial score (nSPS) is 23.4. The maximum absolute atomic E-state index is 6.45. The zero-order valence-corrected chi connectivity index (χ0v) is 18.1. The van der Waals surface area contributed by atoms with Gasteiger partial charge >= 0.3 is 0 Å². The van der Waals surface area contributed by atoms with Crippen LogP contribution in [0.15, 0.2) is 42.0 Å². The molecule has 2 aliphatic heterocycles. The summed E-state index contributed by atoms with van der Waals surface area (Å²) in [7, 11) is 0. The molecule has 2 atom stereocenters. The van der Waals surface area contributed by atoms with Crippen molar-refractivity contribution in [3.8, 4) is 11.5 Å². The zero-order chi connectivity index (χ0) is 20.4. The summed E-state index contributed by atoms with van der Waals surface area (Å²) in [5.41, 5.74) is 3.35. The minimum Gasteiger partial charge on any atom is -0.483 e. The maximum atomic E-state index is 6.45. The molecule has 0 aromatic heterocycles. The Labute approximate surface area is 174 Å². The van der Waals surface area contributed by atoms with E-state index < -0.39 is 0 Å². The molecule has 4 rings (SSSR count). The Bertz CT molecular complexity index is 946. The average Bonchev–Trinajstić information content (AvgIpc) is 2.69. The van der Waals surface area contributed by atoms with Crippen LogP contribution in [0.4, 0.5) is 0 Å². The Morgan fingerprint density at radius 3 is 2.86 bits per heavy atom. The van der Waals surface area contributed by atoms with Gasteiger partial charge in [-0.15, -0.1) is 0 Å². The molecular weight excluding hydrogens is 360 g/mol. The number of ether oxygens (including phenoxy) is 3. The van der Waals surface area contributed by atoms with Gasteiger partial charge in [-0.25, -0.2) is 0 Å². The summed E-state index contributed by atoms with van der Waals surface area (Å²) in [4.78, 5) is 0. The van der Waals surface area contributed by atoms with E-state index in [2.05, 4.69) is 70.2 Å². The highest BCUT2D eigenvalue weighted by molar-refractivity contribution is 5.95. The first-order chi connectivity index (χ1) is 13.9. The van der Waals surface area contributed by atoms with Gasteiger partial charge in [-0.2, -0.15) is 0 Å². The summed E-state index contributed by atoms with van der Waals surface area (Å²) in [5, 5.41) is 2.38. The van der Waals surface area contributed by atoms with Crippen LogP contribution in [0.25, 0.3) is 16.8 Å². The van der Waals surface area contributed by atoms with E-state index in [-0.39, 0.29) is 11.9 Å². The number of hydrogen-bond acceptors (Lipinski definition) is 3. The molecule has 1 fully saturated rings. The molecule has 3 nitrogen and oxygen atoms in total. The first-order valence-corrected chi connectivity index (χ1v) is 10.8.